The Morgan fingerprint density at radius 2 is 2.00 bits per heavy atom. The Labute approximate surface area is 145 Å². The van der Waals surface area contributed by atoms with Crippen molar-refractivity contribution in [1.82, 2.24) is 15.1 Å². The van der Waals surface area contributed by atoms with Crippen molar-refractivity contribution in [1.29, 1.82) is 0 Å². The first kappa shape index (κ1) is 18.4. The molecule has 8 nitrogen and oxygen atoms in total. The molecule has 2 rings (SSSR count). The Balaban J connectivity index is 1.91. The lowest BCUT2D eigenvalue weighted by molar-refractivity contribution is -0.386. The van der Waals surface area contributed by atoms with E-state index in [1.807, 2.05) is 31.2 Å². The molecule has 8 heteroatoms. The summed E-state index contributed by atoms with van der Waals surface area (Å²) in [5, 5.41) is 17.8. The minimum absolute atomic E-state index is 0.0459. The highest BCUT2D eigenvalue weighted by molar-refractivity contribution is 5.75. The van der Waals surface area contributed by atoms with Crippen LogP contribution in [-0.2, 0) is 17.9 Å². The Morgan fingerprint density at radius 3 is 2.56 bits per heavy atom. The summed E-state index contributed by atoms with van der Waals surface area (Å²) in [6.07, 6.45) is 0.947. The number of ether oxygens (including phenoxy) is 1. The first-order chi connectivity index (χ1) is 11.9. The smallest absolute Gasteiger partial charge is 0.312 e. The average Bonchev–Trinajstić information content (AvgIpc) is 2.85. The summed E-state index contributed by atoms with van der Waals surface area (Å²) < 4.78 is 6.86. The minimum Gasteiger partial charge on any atom is -0.494 e. The van der Waals surface area contributed by atoms with E-state index in [0.29, 0.717) is 24.5 Å². The molecule has 1 aromatic carbocycles. The zero-order valence-corrected chi connectivity index (χ0v) is 14.6. The van der Waals surface area contributed by atoms with E-state index in [1.165, 1.54) is 4.68 Å². The van der Waals surface area contributed by atoms with Gasteiger partial charge in [-0.3, -0.25) is 19.6 Å². The van der Waals surface area contributed by atoms with Crippen molar-refractivity contribution < 1.29 is 14.5 Å². The molecule has 0 spiro atoms. The number of hydrogen-bond acceptors (Lipinski definition) is 5. The maximum Gasteiger partial charge on any atom is 0.312 e. The second-order valence-electron chi connectivity index (χ2n) is 5.70. The number of aromatic nitrogens is 2. The number of carbonyl (C=O) groups excluding carboxylic acids is 1. The number of nitrogens with zero attached hydrogens (tertiary/aromatic N) is 3. The molecule has 0 atom stereocenters. The van der Waals surface area contributed by atoms with Gasteiger partial charge in [0, 0.05) is 6.54 Å². The fraction of sp³-hybridized carbons (Fsp3) is 0.412. The summed E-state index contributed by atoms with van der Waals surface area (Å²) in [5.74, 6) is 0.540. The summed E-state index contributed by atoms with van der Waals surface area (Å²) in [7, 11) is 0. The molecule has 25 heavy (non-hydrogen) atoms. The van der Waals surface area contributed by atoms with Crippen molar-refractivity contribution >= 4 is 11.6 Å². The molecule has 134 valence electrons. The molecule has 1 amide bonds. The fourth-order valence-corrected chi connectivity index (χ4v) is 2.42. The molecule has 0 saturated heterocycles. The van der Waals surface area contributed by atoms with Crippen LogP contribution in [0.3, 0.4) is 0 Å². The molecular weight excluding hydrogens is 324 g/mol. The lowest BCUT2D eigenvalue weighted by atomic mass is 10.2. The van der Waals surface area contributed by atoms with E-state index in [-0.39, 0.29) is 18.1 Å². The van der Waals surface area contributed by atoms with Gasteiger partial charge in [-0.2, -0.15) is 5.10 Å². The standard InChI is InChI=1S/C17H22N4O4/c1-4-9-25-15-7-5-14(6-8-15)10-18-16(22)11-20-13(3)17(21(23)24)12(2)19-20/h5-8H,4,9-11H2,1-3H3,(H,18,22). The topological polar surface area (TPSA) is 99.3 Å². The molecule has 1 N–H and O–H groups in total. The lowest BCUT2D eigenvalue weighted by Crippen LogP contribution is -2.28. The van der Waals surface area contributed by atoms with E-state index in [0.717, 1.165) is 17.7 Å². The molecule has 1 heterocycles. The first-order valence-electron chi connectivity index (χ1n) is 8.09. The number of aryl methyl sites for hydroxylation is 1. The summed E-state index contributed by atoms with van der Waals surface area (Å²) in [4.78, 5) is 22.6. The molecule has 1 aromatic heterocycles. The van der Waals surface area contributed by atoms with Gasteiger partial charge in [-0.25, -0.2) is 0 Å². The van der Waals surface area contributed by atoms with Crippen LogP contribution in [0.15, 0.2) is 24.3 Å². The van der Waals surface area contributed by atoms with Crippen LogP contribution in [0.2, 0.25) is 0 Å². The largest absolute Gasteiger partial charge is 0.494 e. The van der Waals surface area contributed by atoms with Crippen molar-refractivity contribution in [2.75, 3.05) is 6.61 Å². The van der Waals surface area contributed by atoms with Crippen molar-refractivity contribution in [3.05, 3.63) is 51.3 Å². The van der Waals surface area contributed by atoms with Gasteiger partial charge in [0.1, 0.15) is 23.7 Å². The molecule has 0 bridgehead atoms. The predicted octanol–water partition coefficient (Wildman–Crippen LogP) is 2.51. The third-order valence-corrected chi connectivity index (χ3v) is 3.71. The van der Waals surface area contributed by atoms with Crippen LogP contribution in [0.25, 0.3) is 0 Å². The maximum atomic E-state index is 12.1. The lowest BCUT2D eigenvalue weighted by Gasteiger charge is -2.08. The van der Waals surface area contributed by atoms with E-state index >= 15 is 0 Å². The van der Waals surface area contributed by atoms with Gasteiger partial charge in [0.2, 0.25) is 5.91 Å². The van der Waals surface area contributed by atoms with Gasteiger partial charge >= 0.3 is 5.69 Å². The third-order valence-electron chi connectivity index (χ3n) is 3.71. The summed E-state index contributed by atoms with van der Waals surface area (Å²) in [5.41, 5.74) is 1.57. The van der Waals surface area contributed by atoms with Gasteiger partial charge in [0.05, 0.1) is 11.5 Å². The van der Waals surface area contributed by atoms with E-state index < -0.39 is 4.92 Å². The average molecular weight is 346 g/mol. The number of benzene rings is 1. The highest BCUT2D eigenvalue weighted by Gasteiger charge is 2.22. The monoisotopic (exact) mass is 346 g/mol. The summed E-state index contributed by atoms with van der Waals surface area (Å²) >= 11 is 0. The Bertz CT molecular complexity index is 753. The Morgan fingerprint density at radius 1 is 1.32 bits per heavy atom. The zero-order chi connectivity index (χ0) is 18.4. The predicted molar refractivity (Wildman–Crippen MR) is 92.4 cm³/mol. The van der Waals surface area contributed by atoms with Gasteiger partial charge in [-0.1, -0.05) is 19.1 Å². The first-order valence-corrected chi connectivity index (χ1v) is 8.09. The Kier molecular flexibility index (Phi) is 6.10. The fourth-order valence-electron chi connectivity index (χ4n) is 2.42. The van der Waals surface area contributed by atoms with Crippen molar-refractivity contribution in [2.45, 2.75) is 40.3 Å². The van der Waals surface area contributed by atoms with Crippen LogP contribution in [0, 0.1) is 24.0 Å². The number of rotatable bonds is 8. The number of hydrogen-bond donors (Lipinski definition) is 1. The highest BCUT2D eigenvalue weighted by atomic mass is 16.6. The van der Waals surface area contributed by atoms with Crippen LogP contribution < -0.4 is 10.1 Å². The molecule has 0 radical (unpaired) electrons. The highest BCUT2D eigenvalue weighted by Crippen LogP contribution is 2.21. The quantitative estimate of drug-likeness (QED) is 0.585. The van der Waals surface area contributed by atoms with Crippen LogP contribution >= 0.6 is 0 Å². The molecule has 0 aliphatic rings. The zero-order valence-electron chi connectivity index (χ0n) is 14.6. The molecule has 0 fully saturated rings. The number of nitro groups is 1. The maximum absolute atomic E-state index is 12.1. The van der Waals surface area contributed by atoms with Crippen LogP contribution in [0.1, 0.15) is 30.3 Å². The van der Waals surface area contributed by atoms with Crippen LogP contribution in [0.4, 0.5) is 5.69 Å². The molecule has 0 aliphatic heterocycles. The van der Waals surface area contributed by atoms with E-state index in [2.05, 4.69) is 10.4 Å². The Hall–Kier alpha value is -2.90. The van der Waals surface area contributed by atoms with Crippen LogP contribution in [0.5, 0.6) is 5.75 Å². The molecule has 0 unspecified atom stereocenters. The summed E-state index contributed by atoms with van der Waals surface area (Å²) in [6.45, 7) is 6.17. The third kappa shape index (κ3) is 4.79. The van der Waals surface area contributed by atoms with Gasteiger partial charge < -0.3 is 10.1 Å². The van der Waals surface area contributed by atoms with Gasteiger partial charge in [0.15, 0.2) is 0 Å². The molecular formula is C17H22N4O4. The van der Waals surface area contributed by atoms with E-state index in [9.17, 15) is 14.9 Å². The SMILES string of the molecule is CCCOc1ccc(CNC(=O)Cn2nc(C)c([N+](=O)[O-])c2C)cc1. The van der Waals surface area contributed by atoms with Crippen molar-refractivity contribution in [2.24, 2.45) is 0 Å². The normalized spacial score (nSPS) is 10.5. The second-order valence-corrected chi connectivity index (χ2v) is 5.70. The van der Waals surface area contributed by atoms with Gasteiger partial charge in [0.25, 0.3) is 0 Å². The van der Waals surface area contributed by atoms with E-state index in [4.69, 9.17) is 4.74 Å². The second kappa shape index (κ2) is 8.27. The number of amides is 1. The molecule has 0 aliphatic carbocycles. The molecule has 2 aromatic rings. The van der Waals surface area contributed by atoms with Crippen LogP contribution in [-0.4, -0.2) is 27.2 Å². The minimum atomic E-state index is -0.478. The summed E-state index contributed by atoms with van der Waals surface area (Å²) in [6, 6.07) is 7.50. The number of nitrogens with one attached hydrogen (secondary N) is 1. The van der Waals surface area contributed by atoms with Gasteiger partial charge in [-0.15, -0.1) is 0 Å². The number of carbonyl (C=O) groups is 1. The van der Waals surface area contributed by atoms with Crippen molar-refractivity contribution in [3.8, 4) is 5.75 Å². The van der Waals surface area contributed by atoms with Crippen molar-refractivity contribution in [3.63, 3.8) is 0 Å². The van der Waals surface area contributed by atoms with Gasteiger partial charge in [-0.05, 0) is 38.0 Å². The molecule has 0 saturated carbocycles. The van der Waals surface area contributed by atoms with E-state index in [1.54, 1.807) is 13.8 Å².